The fraction of sp³-hybridized carbons (Fsp3) is 0.308. The molecule has 1 aromatic carbocycles. The van der Waals surface area contributed by atoms with Gasteiger partial charge in [-0.05, 0) is 43.5 Å². The normalized spacial score (nSPS) is 14.4. The summed E-state index contributed by atoms with van der Waals surface area (Å²) in [5, 5.41) is 5.48. The van der Waals surface area contributed by atoms with Crippen LogP contribution in [0.4, 0.5) is 10.8 Å². The van der Waals surface area contributed by atoms with Gasteiger partial charge in [0.1, 0.15) is 0 Å². The van der Waals surface area contributed by atoms with Crippen molar-refractivity contribution in [1.82, 2.24) is 4.98 Å². The van der Waals surface area contributed by atoms with Crippen molar-refractivity contribution >= 4 is 32.2 Å². The Morgan fingerprint density at radius 2 is 2.25 bits per heavy atom. The Hall–Kier alpha value is -1.60. The Balaban J connectivity index is 1.91. The van der Waals surface area contributed by atoms with Gasteiger partial charge in [0, 0.05) is 17.6 Å². The summed E-state index contributed by atoms with van der Waals surface area (Å²) < 4.78 is 27.2. The molecule has 0 fully saturated rings. The average Bonchev–Trinajstić information content (AvgIpc) is 2.83. The molecule has 0 atom stereocenters. The number of hydrogen-bond donors (Lipinski definition) is 2. The van der Waals surface area contributed by atoms with Gasteiger partial charge in [0.25, 0.3) is 10.0 Å². The molecule has 7 heteroatoms. The van der Waals surface area contributed by atoms with Crippen molar-refractivity contribution in [3.05, 3.63) is 34.8 Å². The van der Waals surface area contributed by atoms with Gasteiger partial charge in [-0.25, -0.2) is 13.4 Å². The first-order valence-electron chi connectivity index (χ1n) is 6.36. The van der Waals surface area contributed by atoms with Gasteiger partial charge >= 0.3 is 0 Å². The Kier molecular flexibility index (Phi) is 3.39. The van der Waals surface area contributed by atoms with E-state index in [0.29, 0.717) is 5.13 Å². The number of hydrogen-bond acceptors (Lipinski definition) is 5. The molecular weight excluding hydrogens is 294 g/mol. The maximum absolute atomic E-state index is 12.3. The molecular formula is C13H15N3O2S2. The van der Waals surface area contributed by atoms with E-state index in [9.17, 15) is 8.42 Å². The molecule has 0 saturated carbocycles. The Bertz CT molecular complexity index is 738. The molecule has 5 nitrogen and oxygen atoms in total. The number of nitrogens with zero attached hydrogens (tertiary/aromatic N) is 1. The monoisotopic (exact) mass is 309 g/mol. The third kappa shape index (κ3) is 2.64. The second-order valence-electron chi connectivity index (χ2n) is 4.75. The molecule has 1 aromatic heterocycles. The SMILES string of the molecule is Cc1csc(NS(=O)(=O)c2ccc3c(c2)CCCN3)n1. The highest BCUT2D eigenvalue weighted by Crippen LogP contribution is 2.26. The predicted octanol–water partition coefficient (Wildman–Crippen LogP) is 2.61. The summed E-state index contributed by atoms with van der Waals surface area (Å²) >= 11 is 1.29. The van der Waals surface area contributed by atoms with Gasteiger partial charge in [0.05, 0.1) is 10.6 Å². The zero-order valence-corrected chi connectivity index (χ0v) is 12.6. The van der Waals surface area contributed by atoms with E-state index in [1.165, 1.54) is 11.3 Å². The van der Waals surface area contributed by atoms with Crippen LogP contribution in [0, 0.1) is 6.92 Å². The molecule has 2 heterocycles. The maximum Gasteiger partial charge on any atom is 0.263 e. The topological polar surface area (TPSA) is 71.1 Å². The molecule has 106 valence electrons. The molecule has 0 bridgehead atoms. The highest BCUT2D eigenvalue weighted by molar-refractivity contribution is 7.93. The van der Waals surface area contributed by atoms with Gasteiger partial charge in [0.15, 0.2) is 5.13 Å². The number of aryl methyl sites for hydroxylation is 2. The first kappa shape index (κ1) is 13.4. The number of thiazole rings is 1. The zero-order chi connectivity index (χ0) is 14.2. The van der Waals surface area contributed by atoms with Crippen LogP contribution < -0.4 is 10.0 Å². The van der Waals surface area contributed by atoms with Crippen molar-refractivity contribution in [2.75, 3.05) is 16.6 Å². The number of sulfonamides is 1. The van der Waals surface area contributed by atoms with E-state index in [1.807, 2.05) is 18.4 Å². The minimum Gasteiger partial charge on any atom is -0.385 e. The van der Waals surface area contributed by atoms with Crippen LogP contribution in [0.5, 0.6) is 0 Å². The van der Waals surface area contributed by atoms with Gasteiger partial charge in [-0.3, -0.25) is 4.72 Å². The fourth-order valence-electron chi connectivity index (χ4n) is 2.19. The van der Waals surface area contributed by atoms with Crippen molar-refractivity contribution in [1.29, 1.82) is 0 Å². The summed E-state index contributed by atoms with van der Waals surface area (Å²) in [6.45, 7) is 2.77. The lowest BCUT2D eigenvalue weighted by molar-refractivity contribution is 0.601. The summed E-state index contributed by atoms with van der Waals surface area (Å²) in [5.74, 6) is 0. The van der Waals surface area contributed by atoms with Crippen molar-refractivity contribution < 1.29 is 8.42 Å². The van der Waals surface area contributed by atoms with Crippen LogP contribution in [0.3, 0.4) is 0 Å². The van der Waals surface area contributed by atoms with E-state index in [2.05, 4.69) is 15.0 Å². The highest BCUT2D eigenvalue weighted by Gasteiger charge is 2.18. The first-order valence-corrected chi connectivity index (χ1v) is 8.73. The number of rotatable bonds is 3. The zero-order valence-electron chi connectivity index (χ0n) is 11.0. The average molecular weight is 309 g/mol. The van der Waals surface area contributed by atoms with E-state index < -0.39 is 10.0 Å². The first-order chi connectivity index (χ1) is 9.54. The quantitative estimate of drug-likeness (QED) is 0.914. The number of nitrogens with one attached hydrogen (secondary N) is 2. The molecule has 2 N–H and O–H groups in total. The van der Waals surface area contributed by atoms with Crippen molar-refractivity contribution in [2.24, 2.45) is 0 Å². The van der Waals surface area contributed by atoms with Gasteiger partial charge in [-0.2, -0.15) is 0 Å². The highest BCUT2D eigenvalue weighted by atomic mass is 32.2. The van der Waals surface area contributed by atoms with Crippen LogP contribution in [0.1, 0.15) is 17.7 Å². The van der Waals surface area contributed by atoms with E-state index in [-0.39, 0.29) is 4.90 Å². The molecule has 0 saturated heterocycles. The summed E-state index contributed by atoms with van der Waals surface area (Å²) in [6.07, 6.45) is 1.93. The second kappa shape index (κ2) is 5.06. The van der Waals surface area contributed by atoms with Crippen molar-refractivity contribution in [3.8, 4) is 0 Å². The van der Waals surface area contributed by atoms with Gasteiger partial charge in [0.2, 0.25) is 0 Å². The van der Waals surface area contributed by atoms with Gasteiger partial charge in [-0.15, -0.1) is 11.3 Å². The number of aromatic nitrogens is 1. The van der Waals surface area contributed by atoms with Crippen LogP contribution >= 0.6 is 11.3 Å². The fourth-order valence-corrected chi connectivity index (χ4v) is 4.18. The lowest BCUT2D eigenvalue weighted by Gasteiger charge is -2.18. The summed E-state index contributed by atoms with van der Waals surface area (Å²) in [6, 6.07) is 5.19. The van der Waals surface area contributed by atoms with Crippen LogP contribution in [-0.2, 0) is 16.4 Å². The van der Waals surface area contributed by atoms with Crippen molar-refractivity contribution in [2.45, 2.75) is 24.7 Å². The third-order valence-corrected chi connectivity index (χ3v) is 5.51. The molecule has 0 amide bonds. The standard InChI is InChI=1S/C13H15N3O2S2/c1-9-8-19-13(15-9)16-20(17,18)11-4-5-12-10(7-11)3-2-6-14-12/h4-5,7-8,14H,2-3,6H2,1H3,(H,15,16). The molecule has 1 aliphatic rings. The van der Waals surface area contributed by atoms with Crippen LogP contribution in [0.15, 0.2) is 28.5 Å². The molecule has 0 radical (unpaired) electrons. The van der Waals surface area contributed by atoms with Crippen LogP contribution in [-0.4, -0.2) is 19.9 Å². The molecule has 20 heavy (non-hydrogen) atoms. The molecule has 3 rings (SSSR count). The number of benzene rings is 1. The predicted molar refractivity (Wildman–Crippen MR) is 80.9 cm³/mol. The molecule has 0 unspecified atom stereocenters. The minimum absolute atomic E-state index is 0.285. The largest absolute Gasteiger partial charge is 0.385 e. The Morgan fingerprint density at radius 3 is 3.00 bits per heavy atom. The van der Waals surface area contributed by atoms with E-state index in [1.54, 1.807) is 12.1 Å². The molecule has 0 spiro atoms. The lowest BCUT2D eigenvalue weighted by atomic mass is 10.0. The van der Waals surface area contributed by atoms with E-state index in [4.69, 9.17) is 0 Å². The summed E-state index contributed by atoms with van der Waals surface area (Å²) in [4.78, 5) is 4.41. The second-order valence-corrected chi connectivity index (χ2v) is 7.29. The van der Waals surface area contributed by atoms with Gasteiger partial charge < -0.3 is 5.32 Å². The number of anilines is 2. The smallest absolute Gasteiger partial charge is 0.263 e. The van der Waals surface area contributed by atoms with Crippen LogP contribution in [0.2, 0.25) is 0 Å². The molecule has 0 aliphatic carbocycles. The van der Waals surface area contributed by atoms with Gasteiger partial charge in [-0.1, -0.05) is 0 Å². The maximum atomic E-state index is 12.3. The van der Waals surface area contributed by atoms with E-state index in [0.717, 1.165) is 36.3 Å². The van der Waals surface area contributed by atoms with E-state index >= 15 is 0 Å². The summed E-state index contributed by atoms with van der Waals surface area (Å²) in [5.41, 5.74) is 2.89. The number of fused-ring (bicyclic) bond motifs is 1. The third-order valence-electron chi connectivity index (χ3n) is 3.17. The lowest BCUT2D eigenvalue weighted by Crippen LogP contribution is -2.16. The molecule has 2 aromatic rings. The minimum atomic E-state index is -3.56. The Morgan fingerprint density at radius 1 is 1.40 bits per heavy atom. The summed E-state index contributed by atoms with van der Waals surface area (Å²) in [7, 11) is -3.56. The molecule has 1 aliphatic heterocycles. The van der Waals surface area contributed by atoms with Crippen molar-refractivity contribution in [3.63, 3.8) is 0 Å². The van der Waals surface area contributed by atoms with Crippen LogP contribution in [0.25, 0.3) is 0 Å². The Labute approximate surface area is 122 Å².